The molecule has 1 aromatic rings. The van der Waals surface area contributed by atoms with Gasteiger partial charge in [0.1, 0.15) is 0 Å². The van der Waals surface area contributed by atoms with Gasteiger partial charge in [0, 0.05) is 6.04 Å². The van der Waals surface area contributed by atoms with E-state index in [2.05, 4.69) is 18.0 Å². The van der Waals surface area contributed by atoms with E-state index in [1.165, 1.54) is 5.56 Å². The Labute approximate surface area is 65.2 Å². The van der Waals surface area contributed by atoms with Crippen LogP contribution >= 0.6 is 11.3 Å². The van der Waals surface area contributed by atoms with Crippen LogP contribution in [0.3, 0.4) is 0 Å². The van der Waals surface area contributed by atoms with Gasteiger partial charge in [0.15, 0.2) is 0 Å². The zero-order chi connectivity index (χ0) is 7.40. The molecule has 0 saturated carbocycles. The maximum absolute atomic E-state index is 5.79. The molecule has 1 nitrogen and oxygen atoms in total. The summed E-state index contributed by atoms with van der Waals surface area (Å²) in [4.78, 5) is 0. The summed E-state index contributed by atoms with van der Waals surface area (Å²) in [7, 11) is 0. The van der Waals surface area contributed by atoms with Crippen molar-refractivity contribution in [2.45, 2.75) is 12.5 Å². The Morgan fingerprint density at radius 1 is 1.80 bits per heavy atom. The standard InChI is InChI=1S/C8H11NS/c1-2-3-8(9)7-4-5-10-6-7/h2,4-6,8H,1,3,9H2/t8-/m1/s1. The molecule has 0 unspecified atom stereocenters. The summed E-state index contributed by atoms with van der Waals surface area (Å²) in [5.74, 6) is 0. The lowest BCUT2D eigenvalue weighted by Gasteiger charge is -2.04. The minimum absolute atomic E-state index is 0.142. The average molecular weight is 153 g/mol. The molecule has 0 radical (unpaired) electrons. The molecule has 10 heavy (non-hydrogen) atoms. The average Bonchev–Trinajstić information content (AvgIpc) is 2.38. The normalized spacial score (nSPS) is 12.9. The van der Waals surface area contributed by atoms with Crippen LogP contribution in [-0.4, -0.2) is 0 Å². The molecule has 1 aromatic heterocycles. The maximum atomic E-state index is 5.79. The molecular formula is C8H11NS. The van der Waals surface area contributed by atoms with E-state index in [0.29, 0.717) is 0 Å². The summed E-state index contributed by atoms with van der Waals surface area (Å²) >= 11 is 1.68. The van der Waals surface area contributed by atoms with Crippen molar-refractivity contribution in [2.24, 2.45) is 5.73 Å². The van der Waals surface area contributed by atoms with Crippen LogP contribution in [0.1, 0.15) is 18.0 Å². The van der Waals surface area contributed by atoms with Crippen molar-refractivity contribution in [3.8, 4) is 0 Å². The molecule has 54 valence electrons. The van der Waals surface area contributed by atoms with Crippen LogP contribution in [0, 0.1) is 0 Å². The highest BCUT2D eigenvalue weighted by Gasteiger charge is 2.01. The third-order valence-corrected chi connectivity index (χ3v) is 2.09. The summed E-state index contributed by atoms with van der Waals surface area (Å²) in [6.45, 7) is 3.63. The number of nitrogens with two attached hydrogens (primary N) is 1. The molecule has 0 saturated heterocycles. The molecule has 0 aliphatic rings. The molecule has 0 aromatic carbocycles. The monoisotopic (exact) mass is 153 g/mol. The topological polar surface area (TPSA) is 26.0 Å². The van der Waals surface area contributed by atoms with E-state index in [1.54, 1.807) is 11.3 Å². The third-order valence-electron chi connectivity index (χ3n) is 1.39. The van der Waals surface area contributed by atoms with E-state index in [0.717, 1.165) is 6.42 Å². The molecule has 0 bridgehead atoms. The van der Waals surface area contributed by atoms with Gasteiger partial charge in [-0.05, 0) is 28.8 Å². The van der Waals surface area contributed by atoms with E-state index in [-0.39, 0.29) is 6.04 Å². The van der Waals surface area contributed by atoms with Gasteiger partial charge in [0.2, 0.25) is 0 Å². The van der Waals surface area contributed by atoms with Gasteiger partial charge in [-0.15, -0.1) is 6.58 Å². The van der Waals surface area contributed by atoms with Crippen molar-refractivity contribution < 1.29 is 0 Å². The number of hydrogen-bond donors (Lipinski definition) is 1. The molecule has 0 amide bonds. The Hall–Kier alpha value is -0.600. The number of thiophene rings is 1. The minimum atomic E-state index is 0.142. The largest absolute Gasteiger partial charge is 0.324 e. The van der Waals surface area contributed by atoms with Crippen LogP contribution in [-0.2, 0) is 0 Å². The van der Waals surface area contributed by atoms with E-state index >= 15 is 0 Å². The van der Waals surface area contributed by atoms with E-state index in [9.17, 15) is 0 Å². The third kappa shape index (κ3) is 1.69. The molecule has 0 fully saturated rings. The van der Waals surface area contributed by atoms with Gasteiger partial charge >= 0.3 is 0 Å². The Kier molecular flexibility index (Phi) is 2.66. The molecule has 2 heteroatoms. The quantitative estimate of drug-likeness (QED) is 0.663. The van der Waals surface area contributed by atoms with Gasteiger partial charge in [0.25, 0.3) is 0 Å². The predicted octanol–water partition coefficient (Wildman–Crippen LogP) is 2.32. The lowest BCUT2D eigenvalue weighted by Crippen LogP contribution is -2.07. The highest BCUT2D eigenvalue weighted by Crippen LogP contribution is 2.16. The van der Waals surface area contributed by atoms with E-state index in [1.807, 2.05) is 11.5 Å². The number of rotatable bonds is 3. The van der Waals surface area contributed by atoms with E-state index < -0.39 is 0 Å². The van der Waals surface area contributed by atoms with Gasteiger partial charge in [0.05, 0.1) is 0 Å². The minimum Gasteiger partial charge on any atom is -0.324 e. The summed E-state index contributed by atoms with van der Waals surface area (Å²) < 4.78 is 0. The first kappa shape index (κ1) is 7.51. The second kappa shape index (κ2) is 3.54. The summed E-state index contributed by atoms with van der Waals surface area (Å²) in [6, 6.07) is 2.20. The van der Waals surface area contributed by atoms with Crippen LogP contribution in [0.15, 0.2) is 29.5 Å². The second-order valence-electron chi connectivity index (χ2n) is 2.19. The van der Waals surface area contributed by atoms with Crippen LogP contribution in [0.2, 0.25) is 0 Å². The molecular weight excluding hydrogens is 142 g/mol. The van der Waals surface area contributed by atoms with Crippen LogP contribution in [0.4, 0.5) is 0 Å². The SMILES string of the molecule is C=CC[C@@H](N)c1ccsc1. The summed E-state index contributed by atoms with van der Waals surface area (Å²) in [5, 5.41) is 4.12. The second-order valence-corrected chi connectivity index (χ2v) is 2.97. The van der Waals surface area contributed by atoms with Gasteiger partial charge in [-0.2, -0.15) is 11.3 Å². The smallest absolute Gasteiger partial charge is 0.0337 e. The fourth-order valence-corrected chi connectivity index (χ4v) is 1.53. The van der Waals surface area contributed by atoms with Crippen LogP contribution in [0.25, 0.3) is 0 Å². The fourth-order valence-electron chi connectivity index (χ4n) is 0.802. The van der Waals surface area contributed by atoms with Crippen molar-refractivity contribution in [2.75, 3.05) is 0 Å². The van der Waals surface area contributed by atoms with Gasteiger partial charge < -0.3 is 5.73 Å². The lowest BCUT2D eigenvalue weighted by molar-refractivity contribution is 0.745. The van der Waals surface area contributed by atoms with Gasteiger partial charge in [-0.3, -0.25) is 0 Å². The Balaban J connectivity index is 2.58. The van der Waals surface area contributed by atoms with Crippen LogP contribution < -0.4 is 5.73 Å². The molecule has 2 N–H and O–H groups in total. The molecule has 1 rings (SSSR count). The molecule has 1 heterocycles. The first-order valence-electron chi connectivity index (χ1n) is 3.23. The first-order chi connectivity index (χ1) is 4.84. The zero-order valence-electron chi connectivity index (χ0n) is 5.79. The first-order valence-corrected chi connectivity index (χ1v) is 4.17. The van der Waals surface area contributed by atoms with Crippen molar-refractivity contribution in [1.82, 2.24) is 0 Å². The summed E-state index contributed by atoms with van der Waals surface area (Å²) in [5.41, 5.74) is 7.00. The molecule has 0 spiro atoms. The highest BCUT2D eigenvalue weighted by atomic mass is 32.1. The summed E-state index contributed by atoms with van der Waals surface area (Å²) in [6.07, 6.45) is 2.71. The molecule has 0 aliphatic carbocycles. The van der Waals surface area contributed by atoms with Gasteiger partial charge in [-0.25, -0.2) is 0 Å². The van der Waals surface area contributed by atoms with Crippen molar-refractivity contribution in [3.63, 3.8) is 0 Å². The van der Waals surface area contributed by atoms with Crippen LogP contribution in [0.5, 0.6) is 0 Å². The van der Waals surface area contributed by atoms with E-state index in [4.69, 9.17) is 5.73 Å². The Morgan fingerprint density at radius 2 is 2.60 bits per heavy atom. The van der Waals surface area contributed by atoms with Gasteiger partial charge in [-0.1, -0.05) is 6.08 Å². The predicted molar refractivity (Wildman–Crippen MR) is 46.1 cm³/mol. The van der Waals surface area contributed by atoms with Crippen molar-refractivity contribution >= 4 is 11.3 Å². The molecule has 0 aliphatic heterocycles. The number of hydrogen-bond acceptors (Lipinski definition) is 2. The van der Waals surface area contributed by atoms with Crippen molar-refractivity contribution in [3.05, 3.63) is 35.0 Å². The van der Waals surface area contributed by atoms with Crippen molar-refractivity contribution in [1.29, 1.82) is 0 Å². The Morgan fingerprint density at radius 3 is 3.10 bits per heavy atom. The lowest BCUT2D eigenvalue weighted by atomic mass is 10.1. The molecule has 1 atom stereocenters. The Bertz CT molecular complexity index is 191. The fraction of sp³-hybridized carbons (Fsp3) is 0.250. The zero-order valence-corrected chi connectivity index (χ0v) is 6.60. The highest BCUT2D eigenvalue weighted by molar-refractivity contribution is 7.07. The maximum Gasteiger partial charge on any atom is 0.0337 e.